The molecule has 3 atom stereocenters. The van der Waals surface area contributed by atoms with E-state index in [-0.39, 0.29) is 29.5 Å². The zero-order chi connectivity index (χ0) is 21.4. The Morgan fingerprint density at radius 3 is 2.58 bits per heavy atom. The summed E-state index contributed by atoms with van der Waals surface area (Å²) in [5, 5.41) is 8.20. The summed E-state index contributed by atoms with van der Waals surface area (Å²) in [5.41, 5.74) is 0.694. The molecule has 2 saturated heterocycles. The van der Waals surface area contributed by atoms with Crippen molar-refractivity contribution in [3.63, 3.8) is 0 Å². The van der Waals surface area contributed by atoms with Crippen LogP contribution in [0.3, 0.4) is 0 Å². The fraction of sp³-hybridized carbons (Fsp3) is 0.364. The van der Waals surface area contributed by atoms with Crippen molar-refractivity contribution in [2.75, 3.05) is 6.61 Å². The highest BCUT2D eigenvalue weighted by Crippen LogP contribution is 2.40. The van der Waals surface area contributed by atoms with Crippen LogP contribution in [-0.2, 0) is 0 Å². The number of hydrogen-bond acceptors (Lipinski definition) is 5. The molecule has 9 heteroatoms. The van der Waals surface area contributed by atoms with Crippen LogP contribution in [0.5, 0.6) is 5.88 Å². The molecule has 31 heavy (non-hydrogen) atoms. The Labute approximate surface area is 177 Å². The number of fused-ring (bicyclic) bond motifs is 2. The van der Waals surface area contributed by atoms with Crippen LogP contribution >= 0.6 is 0 Å². The first-order chi connectivity index (χ1) is 15.1. The van der Waals surface area contributed by atoms with E-state index in [2.05, 4.69) is 15.2 Å². The van der Waals surface area contributed by atoms with Crippen molar-refractivity contribution in [2.24, 2.45) is 5.92 Å². The zero-order valence-electron chi connectivity index (χ0n) is 16.7. The summed E-state index contributed by atoms with van der Waals surface area (Å²) >= 11 is 0. The van der Waals surface area contributed by atoms with Crippen molar-refractivity contribution in [3.8, 4) is 11.6 Å². The van der Waals surface area contributed by atoms with Crippen LogP contribution in [0.15, 0.2) is 48.9 Å². The highest BCUT2D eigenvalue weighted by atomic mass is 19.1. The van der Waals surface area contributed by atoms with Crippen LogP contribution in [0.1, 0.15) is 36.0 Å². The largest absolute Gasteiger partial charge is 0.477 e. The number of rotatable bonds is 5. The molecule has 2 aliphatic rings. The van der Waals surface area contributed by atoms with Crippen LogP contribution in [0.25, 0.3) is 5.69 Å². The molecule has 3 aromatic rings. The van der Waals surface area contributed by atoms with E-state index >= 15 is 0 Å². The van der Waals surface area contributed by atoms with Crippen LogP contribution in [0, 0.1) is 17.6 Å². The minimum atomic E-state index is -0.481. The summed E-state index contributed by atoms with van der Waals surface area (Å²) in [7, 11) is 0. The van der Waals surface area contributed by atoms with Crippen LogP contribution in [0.2, 0.25) is 0 Å². The first-order valence-electron chi connectivity index (χ1n) is 10.3. The molecule has 2 bridgehead atoms. The predicted molar refractivity (Wildman–Crippen MR) is 107 cm³/mol. The third kappa shape index (κ3) is 3.75. The van der Waals surface area contributed by atoms with Crippen molar-refractivity contribution in [3.05, 3.63) is 66.1 Å². The van der Waals surface area contributed by atoms with E-state index in [0.29, 0.717) is 18.2 Å². The van der Waals surface area contributed by atoms with E-state index < -0.39 is 11.6 Å². The number of pyridine rings is 1. The van der Waals surface area contributed by atoms with Gasteiger partial charge in [-0.3, -0.25) is 4.79 Å². The van der Waals surface area contributed by atoms with Gasteiger partial charge in [0.25, 0.3) is 5.91 Å². The van der Waals surface area contributed by atoms with E-state index in [4.69, 9.17) is 4.74 Å². The molecule has 0 spiro atoms. The third-order valence-electron chi connectivity index (χ3n) is 6.16. The molecule has 0 aliphatic carbocycles. The minimum absolute atomic E-state index is 0.00611. The molecule has 0 radical (unpaired) electrons. The van der Waals surface area contributed by atoms with Gasteiger partial charge in [-0.15, -0.1) is 0 Å². The van der Waals surface area contributed by atoms with Gasteiger partial charge in [-0.2, -0.15) is 15.0 Å². The van der Waals surface area contributed by atoms with E-state index in [1.54, 1.807) is 0 Å². The molecular weight excluding hydrogens is 404 g/mol. The van der Waals surface area contributed by atoms with E-state index in [1.807, 2.05) is 4.90 Å². The first-order valence-corrected chi connectivity index (χ1v) is 10.3. The standard InChI is InChI=1S/C22H21F2N5O2/c23-15-2-6-20(29-26-9-10-27-29)18(11-15)22(30)28-17-4-1-14(19(28)7-5-17)13-31-21-8-3-16(24)12-25-21/h2-3,6,8-12,14,17,19H,1,4-5,7,13H2/t14-,17-,19?/m1/s1. The highest BCUT2D eigenvalue weighted by molar-refractivity contribution is 5.98. The molecule has 2 fully saturated rings. The second-order valence-electron chi connectivity index (χ2n) is 7.95. The van der Waals surface area contributed by atoms with E-state index in [0.717, 1.165) is 31.9 Å². The Kier molecular flexibility index (Phi) is 5.09. The second kappa shape index (κ2) is 8.05. The Bertz CT molecular complexity index is 1070. The second-order valence-corrected chi connectivity index (χ2v) is 7.95. The molecule has 0 saturated carbocycles. The van der Waals surface area contributed by atoms with Crippen LogP contribution in [-0.4, -0.2) is 49.5 Å². The Morgan fingerprint density at radius 1 is 1.03 bits per heavy atom. The van der Waals surface area contributed by atoms with Gasteiger partial charge in [0.15, 0.2) is 0 Å². The third-order valence-corrected chi connectivity index (χ3v) is 6.16. The lowest BCUT2D eigenvalue weighted by molar-refractivity contribution is 0.0402. The van der Waals surface area contributed by atoms with Crippen molar-refractivity contribution in [1.82, 2.24) is 24.9 Å². The van der Waals surface area contributed by atoms with Gasteiger partial charge in [-0.1, -0.05) is 0 Å². The van der Waals surface area contributed by atoms with Gasteiger partial charge in [-0.05, 0) is 49.9 Å². The topological polar surface area (TPSA) is 73.1 Å². The number of carbonyl (C=O) groups excluding carboxylic acids is 1. The maximum Gasteiger partial charge on any atom is 0.256 e. The highest BCUT2D eigenvalue weighted by Gasteiger charge is 2.45. The molecule has 2 aliphatic heterocycles. The average Bonchev–Trinajstić information content (AvgIpc) is 3.41. The predicted octanol–water partition coefficient (Wildman–Crippen LogP) is 3.40. The van der Waals surface area contributed by atoms with Gasteiger partial charge in [0.05, 0.1) is 36.4 Å². The molecule has 5 rings (SSSR count). The number of carbonyl (C=O) groups is 1. The summed E-state index contributed by atoms with van der Waals surface area (Å²) in [6.45, 7) is 0.385. The molecule has 2 aromatic heterocycles. The molecule has 160 valence electrons. The number of halogens is 2. The van der Waals surface area contributed by atoms with Gasteiger partial charge in [0, 0.05) is 24.1 Å². The number of benzene rings is 1. The molecular formula is C22H21F2N5O2. The average molecular weight is 425 g/mol. The number of amides is 1. The fourth-order valence-electron chi connectivity index (χ4n) is 4.74. The first kappa shape index (κ1) is 19.6. The van der Waals surface area contributed by atoms with Gasteiger partial charge in [-0.25, -0.2) is 13.8 Å². The van der Waals surface area contributed by atoms with Crippen molar-refractivity contribution in [1.29, 1.82) is 0 Å². The number of piperidine rings is 1. The lowest BCUT2D eigenvalue weighted by Crippen LogP contribution is -2.49. The molecule has 7 nitrogen and oxygen atoms in total. The van der Waals surface area contributed by atoms with Gasteiger partial charge in [0.2, 0.25) is 5.88 Å². The van der Waals surface area contributed by atoms with E-state index in [9.17, 15) is 13.6 Å². The van der Waals surface area contributed by atoms with Crippen molar-refractivity contribution in [2.45, 2.75) is 37.8 Å². The molecule has 0 N–H and O–H groups in total. The number of hydrogen-bond donors (Lipinski definition) is 0. The normalized spacial score (nSPS) is 22.5. The molecule has 1 aromatic carbocycles. The summed E-state index contributed by atoms with van der Waals surface area (Å²) in [6, 6.07) is 6.99. The van der Waals surface area contributed by atoms with Gasteiger partial charge in [0.1, 0.15) is 11.6 Å². The maximum atomic E-state index is 14.1. The molecule has 4 heterocycles. The van der Waals surface area contributed by atoms with Gasteiger partial charge < -0.3 is 9.64 Å². The van der Waals surface area contributed by atoms with Crippen molar-refractivity contribution >= 4 is 5.91 Å². The Balaban J connectivity index is 1.38. The summed E-state index contributed by atoms with van der Waals surface area (Å²) in [6.07, 6.45) is 7.71. The Hall–Kier alpha value is -3.36. The van der Waals surface area contributed by atoms with Gasteiger partial charge >= 0.3 is 0 Å². The lowest BCUT2D eigenvalue weighted by atomic mass is 9.90. The SMILES string of the molecule is O=C(c1cc(F)ccc1-n1nccn1)N1C2CC[C@H]1CC[C@@H]2COc1ccc(F)cn1. The molecule has 1 unspecified atom stereocenters. The van der Waals surface area contributed by atoms with Crippen LogP contribution < -0.4 is 4.74 Å². The maximum absolute atomic E-state index is 14.1. The summed E-state index contributed by atoms with van der Waals surface area (Å²) < 4.78 is 32.9. The Morgan fingerprint density at radius 2 is 1.81 bits per heavy atom. The minimum Gasteiger partial charge on any atom is -0.477 e. The monoisotopic (exact) mass is 425 g/mol. The molecule has 1 amide bonds. The number of ether oxygens (including phenoxy) is 1. The van der Waals surface area contributed by atoms with E-state index in [1.165, 1.54) is 47.5 Å². The quantitative estimate of drug-likeness (QED) is 0.627. The number of nitrogens with zero attached hydrogens (tertiary/aromatic N) is 5. The zero-order valence-corrected chi connectivity index (χ0v) is 16.7. The fourth-order valence-corrected chi connectivity index (χ4v) is 4.74. The summed E-state index contributed by atoms with van der Waals surface area (Å²) in [5.74, 6) is -0.640. The van der Waals surface area contributed by atoms with Crippen LogP contribution in [0.4, 0.5) is 8.78 Å². The lowest BCUT2D eigenvalue weighted by Gasteiger charge is -2.40. The summed E-state index contributed by atoms with van der Waals surface area (Å²) in [4.78, 5) is 20.7. The smallest absolute Gasteiger partial charge is 0.256 e. The van der Waals surface area contributed by atoms with Crippen molar-refractivity contribution < 1.29 is 18.3 Å². The number of aromatic nitrogens is 4.